The van der Waals surface area contributed by atoms with Gasteiger partial charge in [-0.25, -0.2) is 4.39 Å². The molecule has 0 aromatic heterocycles. The van der Waals surface area contributed by atoms with Crippen LogP contribution >= 0.6 is 27.5 Å². The molecule has 1 saturated carbocycles. The first-order valence-corrected chi connectivity index (χ1v) is 10.3. The fourth-order valence-corrected chi connectivity index (χ4v) is 4.63. The highest BCUT2D eigenvalue weighted by Gasteiger charge is 2.61. The number of carbonyl (C=O) groups excluding carboxylic acids is 2. The number of anilines is 1. The van der Waals surface area contributed by atoms with Gasteiger partial charge in [0.2, 0.25) is 5.91 Å². The van der Waals surface area contributed by atoms with Gasteiger partial charge in [-0.15, -0.1) is 0 Å². The number of hydrogen-bond donors (Lipinski definition) is 3. The fourth-order valence-electron chi connectivity index (χ4n) is 3.94. The smallest absolute Gasteiger partial charge is 0.341 e. The average Bonchev–Trinajstić information content (AvgIpc) is 2.96. The van der Waals surface area contributed by atoms with Crippen LogP contribution in [-0.2, 0) is 4.79 Å². The van der Waals surface area contributed by atoms with Crippen LogP contribution in [0.15, 0.2) is 34.8 Å². The molecule has 11 heteroatoms. The summed E-state index contributed by atoms with van der Waals surface area (Å²) >= 11 is 9.46. The average molecular weight is 521 g/mol. The van der Waals surface area contributed by atoms with Gasteiger partial charge in [-0.1, -0.05) is 27.5 Å². The molecule has 4 rings (SSSR count). The molecule has 0 spiro atoms. The Morgan fingerprint density at radius 1 is 1.26 bits per heavy atom. The molecule has 1 heterocycles. The third kappa shape index (κ3) is 3.81. The minimum atomic E-state index is -4.60. The van der Waals surface area contributed by atoms with Gasteiger partial charge in [-0.05, 0) is 43.2 Å². The van der Waals surface area contributed by atoms with Crippen molar-refractivity contribution in [2.24, 2.45) is 11.7 Å². The molecule has 0 saturated heterocycles. The molecule has 1 unspecified atom stereocenters. The summed E-state index contributed by atoms with van der Waals surface area (Å²) in [5.74, 6) is -2.60. The Labute approximate surface area is 187 Å². The molecule has 2 aromatic carbocycles. The highest BCUT2D eigenvalue weighted by atomic mass is 79.9. The van der Waals surface area contributed by atoms with E-state index in [2.05, 4.69) is 26.6 Å². The minimum absolute atomic E-state index is 0.205. The predicted molar refractivity (Wildman–Crippen MR) is 109 cm³/mol. The number of amides is 2. The molecule has 0 bridgehead atoms. The lowest BCUT2D eigenvalue weighted by Gasteiger charge is -2.44. The topological polar surface area (TPSA) is 84.2 Å². The van der Waals surface area contributed by atoms with Crippen molar-refractivity contribution in [1.82, 2.24) is 5.32 Å². The largest absolute Gasteiger partial charge is 0.406 e. The molecular weight excluding hydrogens is 506 g/mol. The standard InChI is InChI=1S/C20H15BrClF4N3O2/c21-9-3-12-15(16(29-18(12)31)11-5-10(23)1-2-13(11)22)14(4-9)28-17(30)8-6-19(27,7-8)20(24,25)26/h1-5,8,16H,6-7,27H2,(H,28,30)(H,29,31). The maximum Gasteiger partial charge on any atom is 0.406 e. The van der Waals surface area contributed by atoms with Gasteiger partial charge in [0.1, 0.15) is 11.4 Å². The van der Waals surface area contributed by atoms with Crippen LogP contribution in [0.1, 0.15) is 40.4 Å². The van der Waals surface area contributed by atoms with E-state index in [1.165, 1.54) is 30.3 Å². The van der Waals surface area contributed by atoms with E-state index < -0.39 is 54.1 Å². The molecule has 4 N–H and O–H groups in total. The number of nitrogens with one attached hydrogen (secondary N) is 2. The van der Waals surface area contributed by atoms with Crippen molar-refractivity contribution < 1.29 is 27.2 Å². The second-order valence-corrected chi connectivity index (χ2v) is 9.06. The fraction of sp³-hybridized carbons (Fsp3) is 0.300. The highest BCUT2D eigenvalue weighted by molar-refractivity contribution is 9.10. The van der Waals surface area contributed by atoms with E-state index in [-0.39, 0.29) is 21.8 Å². The summed E-state index contributed by atoms with van der Waals surface area (Å²) in [5.41, 5.74) is 4.03. The zero-order chi connectivity index (χ0) is 22.7. The zero-order valence-corrected chi connectivity index (χ0v) is 18.0. The van der Waals surface area contributed by atoms with Gasteiger partial charge in [0, 0.05) is 37.8 Å². The van der Waals surface area contributed by atoms with Crippen LogP contribution in [0.4, 0.5) is 23.2 Å². The van der Waals surface area contributed by atoms with E-state index >= 15 is 0 Å². The number of fused-ring (bicyclic) bond motifs is 1. The molecule has 5 nitrogen and oxygen atoms in total. The first-order chi connectivity index (χ1) is 14.4. The lowest BCUT2D eigenvalue weighted by Crippen LogP contribution is -2.63. The third-order valence-electron chi connectivity index (χ3n) is 5.64. The van der Waals surface area contributed by atoms with Gasteiger partial charge in [-0.3, -0.25) is 9.59 Å². The van der Waals surface area contributed by atoms with Crippen molar-refractivity contribution in [3.05, 3.63) is 62.3 Å². The van der Waals surface area contributed by atoms with Crippen LogP contribution in [0, 0.1) is 11.7 Å². The van der Waals surface area contributed by atoms with Crippen LogP contribution < -0.4 is 16.4 Å². The lowest BCUT2D eigenvalue weighted by atomic mass is 9.68. The first kappa shape index (κ1) is 22.0. The van der Waals surface area contributed by atoms with Crippen molar-refractivity contribution in [2.75, 3.05) is 5.32 Å². The molecule has 31 heavy (non-hydrogen) atoms. The van der Waals surface area contributed by atoms with Gasteiger partial charge >= 0.3 is 6.18 Å². The van der Waals surface area contributed by atoms with Gasteiger partial charge in [-0.2, -0.15) is 13.2 Å². The normalized spacial score (nSPS) is 24.9. The second kappa shape index (κ2) is 7.46. The minimum Gasteiger partial charge on any atom is -0.341 e. The zero-order valence-electron chi connectivity index (χ0n) is 15.6. The third-order valence-corrected chi connectivity index (χ3v) is 6.44. The number of alkyl halides is 3. The Morgan fingerprint density at radius 2 is 1.94 bits per heavy atom. The lowest BCUT2D eigenvalue weighted by molar-refractivity contribution is -0.216. The monoisotopic (exact) mass is 519 g/mol. The molecule has 2 aromatic rings. The number of halogens is 6. The number of benzene rings is 2. The Kier molecular flexibility index (Phi) is 5.30. The van der Waals surface area contributed by atoms with Gasteiger partial charge in [0.05, 0.1) is 6.04 Å². The summed E-state index contributed by atoms with van der Waals surface area (Å²) < 4.78 is 53.2. The molecule has 1 aliphatic heterocycles. The van der Waals surface area contributed by atoms with E-state index in [1.54, 1.807) is 0 Å². The van der Waals surface area contributed by atoms with E-state index in [1.807, 2.05) is 0 Å². The SMILES string of the molecule is NC1(C(F)(F)F)CC(C(=O)Nc2cc(Br)cc3c2C(c2cc(F)ccc2Cl)NC3=O)C1. The van der Waals surface area contributed by atoms with Crippen molar-refractivity contribution in [3.8, 4) is 0 Å². The van der Waals surface area contributed by atoms with E-state index in [0.717, 1.165) is 0 Å². The molecule has 2 aliphatic rings. The summed E-state index contributed by atoms with van der Waals surface area (Å²) in [6, 6.07) is 5.90. The molecule has 2 amide bonds. The molecule has 1 fully saturated rings. The van der Waals surface area contributed by atoms with Gasteiger partial charge in [0.25, 0.3) is 5.91 Å². The first-order valence-electron chi connectivity index (χ1n) is 9.15. The number of rotatable bonds is 3. The Bertz CT molecular complexity index is 1100. The number of carbonyl (C=O) groups is 2. The summed E-state index contributed by atoms with van der Waals surface area (Å²) in [5, 5.41) is 5.52. The number of nitrogens with two attached hydrogens (primary N) is 1. The van der Waals surface area contributed by atoms with Crippen molar-refractivity contribution >= 4 is 45.0 Å². The van der Waals surface area contributed by atoms with E-state index in [4.69, 9.17) is 17.3 Å². The van der Waals surface area contributed by atoms with Crippen LogP contribution in [0.2, 0.25) is 5.02 Å². The predicted octanol–water partition coefficient (Wildman–Crippen LogP) is 4.68. The number of hydrogen-bond acceptors (Lipinski definition) is 3. The highest BCUT2D eigenvalue weighted by Crippen LogP contribution is 2.47. The Hall–Kier alpha value is -2.17. The van der Waals surface area contributed by atoms with Crippen LogP contribution in [-0.4, -0.2) is 23.5 Å². The molecular formula is C20H15BrClF4N3O2. The van der Waals surface area contributed by atoms with Crippen molar-refractivity contribution in [1.29, 1.82) is 0 Å². The Balaban J connectivity index is 1.66. The maximum atomic E-state index is 13.8. The van der Waals surface area contributed by atoms with Gasteiger partial charge < -0.3 is 16.4 Å². The molecule has 164 valence electrons. The molecule has 1 atom stereocenters. The summed E-state index contributed by atoms with van der Waals surface area (Å²) in [6.45, 7) is 0. The maximum absolute atomic E-state index is 13.8. The van der Waals surface area contributed by atoms with Crippen LogP contribution in [0.25, 0.3) is 0 Å². The Morgan fingerprint density at radius 3 is 2.58 bits per heavy atom. The molecule has 1 aliphatic carbocycles. The summed E-state index contributed by atoms with van der Waals surface area (Å²) in [4.78, 5) is 25.1. The quantitative estimate of drug-likeness (QED) is 0.514. The molecule has 0 radical (unpaired) electrons. The van der Waals surface area contributed by atoms with E-state index in [0.29, 0.717) is 10.0 Å². The summed E-state index contributed by atoms with van der Waals surface area (Å²) in [7, 11) is 0. The van der Waals surface area contributed by atoms with Crippen LogP contribution in [0.5, 0.6) is 0 Å². The van der Waals surface area contributed by atoms with E-state index in [9.17, 15) is 27.2 Å². The summed E-state index contributed by atoms with van der Waals surface area (Å²) in [6.07, 6.45) is -5.67. The van der Waals surface area contributed by atoms with Crippen LogP contribution in [0.3, 0.4) is 0 Å². The van der Waals surface area contributed by atoms with Crippen molar-refractivity contribution in [2.45, 2.75) is 30.6 Å². The second-order valence-electron chi connectivity index (χ2n) is 7.74. The van der Waals surface area contributed by atoms with Crippen molar-refractivity contribution in [3.63, 3.8) is 0 Å². The van der Waals surface area contributed by atoms with Gasteiger partial charge in [0.15, 0.2) is 0 Å².